The van der Waals surface area contributed by atoms with E-state index in [0.717, 1.165) is 25.9 Å². The highest BCUT2D eigenvalue weighted by atomic mass is 35.5. The van der Waals surface area contributed by atoms with Gasteiger partial charge in [-0.2, -0.15) is 0 Å². The van der Waals surface area contributed by atoms with Crippen LogP contribution in [0.15, 0.2) is 12.1 Å². The number of amides is 1. The average molecular weight is 299 g/mol. The fourth-order valence-corrected chi connectivity index (χ4v) is 2.75. The van der Waals surface area contributed by atoms with Crippen LogP contribution in [0.25, 0.3) is 0 Å². The standard InChI is InChI=1S/C15H20ClFN2O/c1-10-7-13(16)12(8-14(10)17)15(20)19(2)6-4-11-3-5-18-9-11/h7-8,11,18H,3-6,9H2,1-2H3. The minimum absolute atomic E-state index is 0.222. The molecule has 0 bridgehead atoms. The van der Waals surface area contributed by atoms with Gasteiger partial charge in [0.25, 0.3) is 5.91 Å². The van der Waals surface area contributed by atoms with Crippen LogP contribution in [-0.4, -0.2) is 37.5 Å². The average Bonchev–Trinajstić information content (AvgIpc) is 2.92. The Labute approximate surface area is 124 Å². The molecule has 5 heteroatoms. The summed E-state index contributed by atoms with van der Waals surface area (Å²) in [4.78, 5) is 13.9. The number of nitrogens with one attached hydrogen (secondary N) is 1. The molecule has 0 spiro atoms. The summed E-state index contributed by atoms with van der Waals surface area (Å²) < 4.78 is 13.6. The first-order valence-corrected chi connectivity index (χ1v) is 7.28. The van der Waals surface area contributed by atoms with Gasteiger partial charge in [-0.3, -0.25) is 4.79 Å². The smallest absolute Gasteiger partial charge is 0.255 e. The van der Waals surface area contributed by atoms with Gasteiger partial charge in [-0.1, -0.05) is 11.6 Å². The zero-order valence-electron chi connectivity index (χ0n) is 11.9. The predicted octanol–water partition coefficient (Wildman–Crippen LogP) is 2.86. The third-order valence-electron chi connectivity index (χ3n) is 3.86. The summed E-state index contributed by atoms with van der Waals surface area (Å²) >= 11 is 6.04. The zero-order valence-corrected chi connectivity index (χ0v) is 12.6. The molecular formula is C15H20ClFN2O. The SMILES string of the molecule is Cc1cc(Cl)c(C(=O)N(C)CCC2CCNC2)cc1F. The fraction of sp³-hybridized carbons (Fsp3) is 0.533. The van der Waals surface area contributed by atoms with Crippen LogP contribution >= 0.6 is 11.6 Å². The summed E-state index contributed by atoms with van der Waals surface area (Å²) in [6.07, 6.45) is 2.11. The van der Waals surface area contributed by atoms with Crippen LogP contribution < -0.4 is 5.32 Å². The van der Waals surface area contributed by atoms with Crippen LogP contribution in [0.3, 0.4) is 0 Å². The predicted molar refractivity (Wildman–Crippen MR) is 78.7 cm³/mol. The highest BCUT2D eigenvalue weighted by molar-refractivity contribution is 6.33. The van der Waals surface area contributed by atoms with Crippen LogP contribution in [0.2, 0.25) is 5.02 Å². The summed E-state index contributed by atoms with van der Waals surface area (Å²) in [6.45, 7) is 4.36. The van der Waals surface area contributed by atoms with Gasteiger partial charge in [0.1, 0.15) is 5.82 Å². The van der Waals surface area contributed by atoms with Gasteiger partial charge < -0.3 is 10.2 Å². The molecule has 110 valence electrons. The van der Waals surface area contributed by atoms with Crippen molar-refractivity contribution in [2.45, 2.75) is 19.8 Å². The Morgan fingerprint density at radius 3 is 2.95 bits per heavy atom. The molecular weight excluding hydrogens is 279 g/mol. The molecule has 1 aliphatic rings. The first-order valence-electron chi connectivity index (χ1n) is 6.91. The maximum Gasteiger partial charge on any atom is 0.255 e. The van der Waals surface area contributed by atoms with Gasteiger partial charge in [-0.25, -0.2) is 4.39 Å². The van der Waals surface area contributed by atoms with Gasteiger partial charge in [0, 0.05) is 13.6 Å². The number of aryl methyl sites for hydroxylation is 1. The van der Waals surface area contributed by atoms with Crippen molar-refractivity contribution in [3.8, 4) is 0 Å². The van der Waals surface area contributed by atoms with Crippen molar-refractivity contribution in [2.24, 2.45) is 5.92 Å². The van der Waals surface area contributed by atoms with E-state index in [1.165, 1.54) is 12.1 Å². The van der Waals surface area contributed by atoms with Gasteiger partial charge >= 0.3 is 0 Å². The molecule has 1 heterocycles. The van der Waals surface area contributed by atoms with Gasteiger partial charge in [0.2, 0.25) is 0 Å². The monoisotopic (exact) mass is 298 g/mol. The van der Waals surface area contributed by atoms with Crippen LogP contribution in [0.4, 0.5) is 4.39 Å². The van der Waals surface area contributed by atoms with Crippen molar-refractivity contribution >= 4 is 17.5 Å². The second-order valence-corrected chi connectivity index (χ2v) is 5.86. The fourth-order valence-electron chi connectivity index (χ4n) is 2.45. The summed E-state index contributed by atoms with van der Waals surface area (Å²) in [7, 11) is 1.73. The number of halogens is 2. The summed E-state index contributed by atoms with van der Waals surface area (Å²) in [5, 5.41) is 3.61. The molecule has 1 aromatic carbocycles. The maximum absolute atomic E-state index is 13.6. The second-order valence-electron chi connectivity index (χ2n) is 5.46. The summed E-state index contributed by atoms with van der Waals surface area (Å²) in [5.41, 5.74) is 0.688. The van der Waals surface area contributed by atoms with Crippen molar-refractivity contribution < 1.29 is 9.18 Å². The molecule has 1 aromatic rings. The Balaban J connectivity index is 2.00. The van der Waals surface area contributed by atoms with Crippen molar-refractivity contribution in [2.75, 3.05) is 26.7 Å². The molecule has 1 N–H and O–H groups in total. The van der Waals surface area contributed by atoms with Gasteiger partial charge in [0.05, 0.1) is 10.6 Å². The lowest BCUT2D eigenvalue weighted by Gasteiger charge is -2.20. The van der Waals surface area contributed by atoms with E-state index in [4.69, 9.17) is 11.6 Å². The van der Waals surface area contributed by atoms with Crippen LogP contribution in [-0.2, 0) is 0 Å². The number of carbonyl (C=O) groups is 1. The minimum Gasteiger partial charge on any atom is -0.342 e. The highest BCUT2D eigenvalue weighted by Gasteiger charge is 2.20. The Morgan fingerprint density at radius 2 is 2.30 bits per heavy atom. The van der Waals surface area contributed by atoms with Gasteiger partial charge in [-0.05, 0) is 56.5 Å². The van der Waals surface area contributed by atoms with Gasteiger partial charge in [0.15, 0.2) is 0 Å². The zero-order chi connectivity index (χ0) is 14.7. The van der Waals surface area contributed by atoms with E-state index in [0.29, 0.717) is 23.0 Å². The molecule has 0 aliphatic carbocycles. The Morgan fingerprint density at radius 1 is 1.55 bits per heavy atom. The topological polar surface area (TPSA) is 32.3 Å². The Hall–Kier alpha value is -1.13. The van der Waals surface area contributed by atoms with Crippen molar-refractivity contribution in [3.63, 3.8) is 0 Å². The third-order valence-corrected chi connectivity index (χ3v) is 4.17. The number of carbonyl (C=O) groups excluding carboxylic acids is 1. The number of rotatable bonds is 4. The molecule has 0 saturated carbocycles. The van der Waals surface area contributed by atoms with E-state index in [-0.39, 0.29) is 11.5 Å². The maximum atomic E-state index is 13.6. The molecule has 20 heavy (non-hydrogen) atoms. The molecule has 1 atom stereocenters. The second kappa shape index (κ2) is 6.55. The molecule has 0 radical (unpaired) electrons. The molecule has 1 saturated heterocycles. The van der Waals surface area contributed by atoms with E-state index in [9.17, 15) is 9.18 Å². The number of hydrogen-bond acceptors (Lipinski definition) is 2. The lowest BCUT2D eigenvalue weighted by molar-refractivity contribution is 0.0788. The highest BCUT2D eigenvalue weighted by Crippen LogP contribution is 2.22. The number of nitrogens with zero attached hydrogens (tertiary/aromatic N) is 1. The molecule has 1 aliphatic heterocycles. The molecule has 2 rings (SSSR count). The first-order chi connectivity index (χ1) is 9.49. The van der Waals surface area contributed by atoms with E-state index in [2.05, 4.69) is 5.32 Å². The van der Waals surface area contributed by atoms with Crippen LogP contribution in [0, 0.1) is 18.7 Å². The first kappa shape index (κ1) is 15.3. The van der Waals surface area contributed by atoms with Crippen LogP contribution in [0.1, 0.15) is 28.8 Å². The summed E-state index contributed by atoms with van der Waals surface area (Å²) in [6, 6.07) is 2.73. The van der Waals surface area contributed by atoms with E-state index < -0.39 is 5.82 Å². The Kier molecular flexibility index (Phi) is 5.00. The lowest BCUT2D eigenvalue weighted by Crippen LogP contribution is -2.29. The molecule has 1 unspecified atom stereocenters. The minimum atomic E-state index is -0.397. The molecule has 1 fully saturated rings. The molecule has 3 nitrogen and oxygen atoms in total. The van der Waals surface area contributed by atoms with Crippen molar-refractivity contribution in [3.05, 3.63) is 34.1 Å². The molecule has 0 aromatic heterocycles. The normalized spacial score (nSPS) is 18.3. The van der Waals surface area contributed by atoms with E-state index in [1.54, 1.807) is 18.9 Å². The summed E-state index contributed by atoms with van der Waals surface area (Å²) in [5.74, 6) is 0.00137. The molecule has 1 amide bonds. The number of hydrogen-bond donors (Lipinski definition) is 1. The van der Waals surface area contributed by atoms with E-state index in [1.807, 2.05) is 0 Å². The largest absolute Gasteiger partial charge is 0.342 e. The lowest BCUT2D eigenvalue weighted by atomic mass is 10.0. The van der Waals surface area contributed by atoms with Gasteiger partial charge in [-0.15, -0.1) is 0 Å². The van der Waals surface area contributed by atoms with E-state index >= 15 is 0 Å². The van der Waals surface area contributed by atoms with Crippen LogP contribution in [0.5, 0.6) is 0 Å². The number of benzene rings is 1. The van der Waals surface area contributed by atoms with Crippen molar-refractivity contribution in [1.29, 1.82) is 0 Å². The third kappa shape index (κ3) is 3.49. The quantitative estimate of drug-likeness (QED) is 0.927. The Bertz CT molecular complexity index is 501. The van der Waals surface area contributed by atoms with Crippen molar-refractivity contribution in [1.82, 2.24) is 10.2 Å².